The molecule has 4 unspecified atom stereocenters. The fraction of sp³-hybridized carbons (Fsp3) is 0.526. The number of carboxylic acids is 1. The minimum atomic E-state index is -5.08. The zero-order chi connectivity index (χ0) is 20.8. The Kier molecular flexibility index (Phi) is 5.24. The van der Waals surface area contributed by atoms with Gasteiger partial charge in [-0.3, -0.25) is 4.79 Å². The summed E-state index contributed by atoms with van der Waals surface area (Å²) in [6.07, 6.45) is -0.759. The summed E-state index contributed by atoms with van der Waals surface area (Å²) in [5.74, 6) is -1.18. The normalized spacial score (nSPS) is 28.0. The van der Waals surface area contributed by atoms with E-state index in [0.717, 1.165) is 29.1 Å². The molecule has 1 N–H and O–H groups in total. The van der Waals surface area contributed by atoms with Crippen molar-refractivity contribution in [3.8, 4) is 0 Å². The molecule has 1 amide bonds. The summed E-state index contributed by atoms with van der Waals surface area (Å²) < 4.78 is 32.9. The molecule has 10 heteroatoms. The monoisotopic (exact) mass is 427 g/mol. The predicted octanol–water partition coefficient (Wildman–Crippen LogP) is 3.10. The average Bonchev–Trinajstić information content (AvgIpc) is 3.03. The summed E-state index contributed by atoms with van der Waals surface area (Å²) in [4.78, 5) is 31.1. The Morgan fingerprint density at radius 2 is 1.86 bits per heavy atom. The number of aromatic nitrogens is 1. The van der Waals surface area contributed by atoms with Crippen LogP contribution in [-0.4, -0.2) is 70.2 Å². The molecule has 29 heavy (non-hydrogen) atoms. The standard InChI is InChI=1S/C17H19N3OS.C2HF3O2/c21-17(15-5-13-1-2-22-16(13)6-18-15)20-9-12-3-11-4-14(20)10-19(7-11)8-12;3-2(4,5)1(6)7/h1-2,5-6,11-12,14H,3-4,7-10H2;(H,6,7). The van der Waals surface area contributed by atoms with E-state index in [4.69, 9.17) is 9.90 Å². The zero-order valence-corrected chi connectivity index (χ0v) is 16.2. The molecule has 0 saturated carbocycles. The molecule has 2 aromatic rings. The molecule has 2 aromatic heterocycles. The molecule has 4 fully saturated rings. The van der Waals surface area contributed by atoms with Gasteiger partial charge in [0.1, 0.15) is 5.69 Å². The van der Waals surface area contributed by atoms with Gasteiger partial charge in [0.2, 0.25) is 0 Å². The molecule has 4 aliphatic rings. The number of fused-ring (bicyclic) bond motifs is 2. The maximum absolute atomic E-state index is 13.0. The van der Waals surface area contributed by atoms with Gasteiger partial charge in [-0.05, 0) is 47.6 Å². The van der Waals surface area contributed by atoms with Gasteiger partial charge in [0.25, 0.3) is 5.91 Å². The Balaban J connectivity index is 0.000000255. The number of aliphatic carboxylic acids is 1. The van der Waals surface area contributed by atoms with Crippen LogP contribution in [0.25, 0.3) is 10.1 Å². The molecule has 0 aromatic carbocycles. The van der Waals surface area contributed by atoms with Gasteiger partial charge < -0.3 is 14.9 Å². The number of carbonyl (C=O) groups is 2. The van der Waals surface area contributed by atoms with Crippen LogP contribution in [0.2, 0.25) is 0 Å². The SMILES string of the molecule is O=C(O)C(F)(F)F.O=C(c1cc2ccsc2cn1)N1CC2CC3CC1CN(C3)C2. The molecule has 0 spiro atoms. The van der Waals surface area contributed by atoms with E-state index in [0.29, 0.717) is 17.7 Å². The van der Waals surface area contributed by atoms with E-state index in [9.17, 15) is 18.0 Å². The van der Waals surface area contributed by atoms with E-state index < -0.39 is 12.1 Å². The molecule has 6 rings (SSSR count). The molecule has 4 aliphatic heterocycles. The van der Waals surface area contributed by atoms with Gasteiger partial charge in [0.05, 0.1) is 4.70 Å². The molecule has 0 aliphatic carbocycles. The summed E-state index contributed by atoms with van der Waals surface area (Å²) in [5.41, 5.74) is 0.613. The molecule has 4 saturated heterocycles. The highest BCUT2D eigenvalue weighted by molar-refractivity contribution is 7.17. The topological polar surface area (TPSA) is 73.7 Å². The van der Waals surface area contributed by atoms with Crippen molar-refractivity contribution in [1.29, 1.82) is 0 Å². The fourth-order valence-corrected chi connectivity index (χ4v) is 5.41. The van der Waals surface area contributed by atoms with Crippen LogP contribution in [0.3, 0.4) is 0 Å². The van der Waals surface area contributed by atoms with Crippen LogP contribution < -0.4 is 0 Å². The van der Waals surface area contributed by atoms with Crippen molar-refractivity contribution in [1.82, 2.24) is 14.8 Å². The first-order valence-electron chi connectivity index (χ1n) is 9.37. The first-order valence-corrected chi connectivity index (χ1v) is 10.3. The number of amides is 1. The van der Waals surface area contributed by atoms with Crippen LogP contribution in [0.4, 0.5) is 13.2 Å². The number of alkyl halides is 3. The maximum atomic E-state index is 13.0. The summed E-state index contributed by atoms with van der Waals surface area (Å²) in [5, 5.41) is 10.3. The number of halogens is 3. The van der Waals surface area contributed by atoms with Crippen molar-refractivity contribution in [3.63, 3.8) is 0 Å². The Morgan fingerprint density at radius 1 is 1.14 bits per heavy atom. The first kappa shape index (κ1) is 20.1. The lowest BCUT2D eigenvalue weighted by Crippen LogP contribution is -2.50. The van der Waals surface area contributed by atoms with Crippen LogP contribution in [-0.2, 0) is 4.79 Å². The van der Waals surface area contributed by atoms with Gasteiger partial charge in [0, 0.05) is 38.4 Å². The fourth-order valence-electron chi connectivity index (χ4n) is 4.67. The van der Waals surface area contributed by atoms with Crippen LogP contribution in [0.1, 0.15) is 23.3 Å². The molecular weight excluding hydrogens is 407 g/mol. The van der Waals surface area contributed by atoms with Gasteiger partial charge in [-0.1, -0.05) is 0 Å². The molecule has 4 atom stereocenters. The number of carbonyl (C=O) groups excluding carboxylic acids is 1. The number of piperidine rings is 2. The highest BCUT2D eigenvalue weighted by Crippen LogP contribution is 2.37. The van der Waals surface area contributed by atoms with E-state index in [1.165, 1.54) is 25.9 Å². The second-order valence-corrected chi connectivity index (χ2v) is 8.81. The summed E-state index contributed by atoms with van der Waals surface area (Å²) in [6.45, 7) is 4.39. The van der Waals surface area contributed by atoms with Crippen molar-refractivity contribution in [2.75, 3.05) is 26.2 Å². The van der Waals surface area contributed by atoms with Crippen LogP contribution in [0.5, 0.6) is 0 Å². The first-order chi connectivity index (χ1) is 13.7. The van der Waals surface area contributed by atoms with Crippen molar-refractivity contribution < 1.29 is 27.9 Å². The predicted molar refractivity (Wildman–Crippen MR) is 101 cm³/mol. The van der Waals surface area contributed by atoms with Crippen molar-refractivity contribution >= 4 is 33.3 Å². The van der Waals surface area contributed by atoms with Crippen molar-refractivity contribution in [3.05, 3.63) is 29.4 Å². The number of hydrogen-bond acceptors (Lipinski definition) is 5. The summed E-state index contributed by atoms with van der Waals surface area (Å²) in [6, 6.07) is 4.42. The van der Waals surface area contributed by atoms with E-state index in [1.54, 1.807) is 11.3 Å². The lowest BCUT2D eigenvalue weighted by atomic mass is 9.84. The third-order valence-corrected chi connectivity index (χ3v) is 6.60. The largest absolute Gasteiger partial charge is 0.490 e. The van der Waals surface area contributed by atoms with Gasteiger partial charge in [-0.25, -0.2) is 9.78 Å². The van der Waals surface area contributed by atoms with E-state index >= 15 is 0 Å². The Hall–Kier alpha value is -2.20. The van der Waals surface area contributed by atoms with E-state index in [-0.39, 0.29) is 5.91 Å². The second-order valence-electron chi connectivity index (χ2n) is 7.86. The average molecular weight is 427 g/mol. The zero-order valence-electron chi connectivity index (χ0n) is 15.4. The Bertz CT molecular complexity index is 918. The smallest absolute Gasteiger partial charge is 0.475 e. The number of carboxylic acid groups (broad SMARTS) is 1. The van der Waals surface area contributed by atoms with Crippen LogP contribution in [0.15, 0.2) is 23.7 Å². The number of hydrogen-bond donors (Lipinski definition) is 1. The Labute approximate surface area is 168 Å². The maximum Gasteiger partial charge on any atom is 0.490 e. The lowest BCUT2D eigenvalue weighted by molar-refractivity contribution is -0.192. The number of pyridine rings is 1. The molecular formula is C19H20F3N3O3S. The summed E-state index contributed by atoms with van der Waals surface area (Å²) in [7, 11) is 0. The lowest BCUT2D eigenvalue weighted by Gasteiger charge is -2.41. The van der Waals surface area contributed by atoms with Gasteiger partial charge in [-0.15, -0.1) is 11.3 Å². The molecule has 0 radical (unpaired) electrons. The third kappa shape index (κ3) is 4.23. The number of thiophene rings is 1. The van der Waals surface area contributed by atoms with Crippen molar-refractivity contribution in [2.24, 2.45) is 11.8 Å². The summed E-state index contributed by atoms with van der Waals surface area (Å²) >= 11 is 1.67. The molecule has 4 bridgehead atoms. The van der Waals surface area contributed by atoms with Gasteiger partial charge in [-0.2, -0.15) is 13.2 Å². The Morgan fingerprint density at radius 3 is 2.55 bits per heavy atom. The molecule has 156 valence electrons. The van der Waals surface area contributed by atoms with Crippen LogP contribution in [0, 0.1) is 11.8 Å². The number of nitrogens with zero attached hydrogens (tertiary/aromatic N) is 3. The minimum absolute atomic E-state index is 0.132. The second kappa shape index (κ2) is 7.56. The quantitative estimate of drug-likeness (QED) is 0.757. The highest BCUT2D eigenvalue weighted by atomic mass is 32.1. The highest BCUT2D eigenvalue weighted by Gasteiger charge is 2.43. The number of rotatable bonds is 1. The van der Waals surface area contributed by atoms with E-state index in [2.05, 4.69) is 26.2 Å². The van der Waals surface area contributed by atoms with E-state index in [1.807, 2.05) is 12.3 Å². The van der Waals surface area contributed by atoms with Gasteiger partial charge >= 0.3 is 12.1 Å². The third-order valence-electron chi connectivity index (χ3n) is 5.73. The van der Waals surface area contributed by atoms with Crippen molar-refractivity contribution in [2.45, 2.75) is 25.1 Å². The minimum Gasteiger partial charge on any atom is -0.475 e. The molecule has 6 nitrogen and oxygen atoms in total. The van der Waals surface area contributed by atoms with Gasteiger partial charge in [0.15, 0.2) is 0 Å². The molecule has 6 heterocycles. The van der Waals surface area contributed by atoms with Crippen LogP contribution >= 0.6 is 11.3 Å².